The molecule has 1 aromatic carbocycles. The Kier molecular flexibility index (Phi) is 5.41. The van der Waals surface area contributed by atoms with Crippen LogP contribution in [0, 0.1) is 6.92 Å². The van der Waals surface area contributed by atoms with Gasteiger partial charge >= 0.3 is 0 Å². The minimum Gasteiger partial charge on any atom is -0.496 e. The zero-order chi connectivity index (χ0) is 16.8. The van der Waals surface area contributed by atoms with E-state index in [0.29, 0.717) is 11.4 Å². The Morgan fingerprint density at radius 1 is 1.17 bits per heavy atom. The van der Waals surface area contributed by atoms with Gasteiger partial charge in [-0.05, 0) is 31.1 Å². The van der Waals surface area contributed by atoms with Gasteiger partial charge in [-0.25, -0.2) is 5.01 Å². The molecule has 1 aromatic rings. The van der Waals surface area contributed by atoms with Gasteiger partial charge in [-0.3, -0.25) is 0 Å². The van der Waals surface area contributed by atoms with Crippen molar-refractivity contribution in [2.24, 2.45) is 5.10 Å². The normalized spacial score (nSPS) is 13.1. The molecule has 0 amide bonds. The first-order chi connectivity index (χ1) is 11.1. The summed E-state index contributed by atoms with van der Waals surface area (Å²) in [7, 11) is 3.27. The van der Waals surface area contributed by atoms with Gasteiger partial charge in [0.15, 0.2) is 0 Å². The molecule has 1 aliphatic rings. The van der Waals surface area contributed by atoms with E-state index in [9.17, 15) is 0 Å². The number of nitrogens with zero attached hydrogens (tertiary/aromatic N) is 2. The second-order valence-corrected chi connectivity index (χ2v) is 5.07. The predicted molar refractivity (Wildman–Crippen MR) is 95.7 cm³/mol. The number of hydrazone groups is 1. The quantitative estimate of drug-likeness (QED) is 0.580. The molecule has 0 heterocycles. The van der Waals surface area contributed by atoms with Crippen LogP contribution in [0.3, 0.4) is 0 Å². The van der Waals surface area contributed by atoms with Crippen molar-refractivity contribution in [1.82, 2.24) is 5.01 Å². The van der Waals surface area contributed by atoms with Crippen LogP contribution >= 0.6 is 0 Å². The maximum atomic E-state index is 5.49. The monoisotopic (exact) mass is 310 g/mol. The molecule has 0 atom stereocenters. The summed E-state index contributed by atoms with van der Waals surface area (Å²) in [5.74, 6) is 1.46. The molecule has 0 N–H and O–H groups in total. The standard InChI is InChI=1S/C19H22N2O2/c1-14-12-17(19(23-5)13-18(14)22-4)15(2)21(20-3)16-10-8-6-7-9-11-16/h6-8,10-13H,2-3,9H2,1,4-5H3. The lowest BCUT2D eigenvalue weighted by atomic mass is 10.1. The minimum absolute atomic E-state index is 0.683. The summed E-state index contributed by atoms with van der Waals surface area (Å²) in [5.41, 5.74) is 3.47. The molecule has 0 bridgehead atoms. The topological polar surface area (TPSA) is 34.1 Å². The molecule has 2 rings (SSSR count). The fourth-order valence-corrected chi connectivity index (χ4v) is 2.45. The third-order valence-corrected chi connectivity index (χ3v) is 3.65. The van der Waals surface area contributed by atoms with E-state index in [1.54, 1.807) is 19.2 Å². The molecule has 0 fully saturated rings. The lowest BCUT2D eigenvalue weighted by Gasteiger charge is -2.24. The van der Waals surface area contributed by atoms with E-state index in [0.717, 1.165) is 29.0 Å². The van der Waals surface area contributed by atoms with E-state index in [1.165, 1.54) is 0 Å². The summed E-state index contributed by atoms with van der Waals surface area (Å²) < 4.78 is 10.8. The van der Waals surface area contributed by atoms with Crippen molar-refractivity contribution < 1.29 is 9.47 Å². The zero-order valence-electron chi connectivity index (χ0n) is 13.9. The molecular weight excluding hydrogens is 288 g/mol. The fraction of sp³-hybridized carbons (Fsp3) is 0.211. The van der Waals surface area contributed by atoms with Crippen LogP contribution < -0.4 is 9.47 Å². The van der Waals surface area contributed by atoms with Crippen LogP contribution in [-0.4, -0.2) is 25.9 Å². The third kappa shape index (κ3) is 3.54. The van der Waals surface area contributed by atoms with E-state index in [2.05, 4.69) is 30.5 Å². The van der Waals surface area contributed by atoms with Crippen LogP contribution in [0.1, 0.15) is 17.5 Å². The van der Waals surface area contributed by atoms with Gasteiger partial charge in [0.1, 0.15) is 11.5 Å². The van der Waals surface area contributed by atoms with Gasteiger partial charge < -0.3 is 9.47 Å². The Morgan fingerprint density at radius 3 is 2.57 bits per heavy atom. The van der Waals surface area contributed by atoms with Crippen LogP contribution in [0.2, 0.25) is 0 Å². The molecule has 0 saturated heterocycles. The Bertz CT molecular complexity index is 700. The summed E-state index contributed by atoms with van der Waals surface area (Å²) in [6.07, 6.45) is 10.9. The Morgan fingerprint density at radius 2 is 1.91 bits per heavy atom. The van der Waals surface area contributed by atoms with Crippen LogP contribution in [-0.2, 0) is 0 Å². The van der Waals surface area contributed by atoms with Crippen molar-refractivity contribution in [2.45, 2.75) is 13.3 Å². The number of hydrogen-bond donors (Lipinski definition) is 0. The van der Waals surface area contributed by atoms with Crippen LogP contribution in [0.15, 0.2) is 59.9 Å². The number of aryl methyl sites for hydroxylation is 1. The number of ether oxygens (including phenoxy) is 2. The van der Waals surface area contributed by atoms with E-state index in [4.69, 9.17) is 9.47 Å². The highest BCUT2D eigenvalue weighted by atomic mass is 16.5. The molecule has 0 spiro atoms. The van der Waals surface area contributed by atoms with Crippen molar-refractivity contribution in [3.8, 4) is 11.5 Å². The van der Waals surface area contributed by atoms with Gasteiger partial charge in [0.05, 0.1) is 25.6 Å². The maximum absolute atomic E-state index is 5.49. The van der Waals surface area contributed by atoms with Gasteiger partial charge in [-0.1, -0.05) is 30.9 Å². The minimum atomic E-state index is 0.683. The van der Waals surface area contributed by atoms with Gasteiger partial charge in [-0.15, -0.1) is 0 Å². The van der Waals surface area contributed by atoms with E-state index < -0.39 is 0 Å². The molecule has 1 aliphatic carbocycles. The number of benzene rings is 1. The highest BCUT2D eigenvalue weighted by molar-refractivity contribution is 5.71. The van der Waals surface area contributed by atoms with Crippen molar-refractivity contribution in [3.63, 3.8) is 0 Å². The Labute approximate surface area is 137 Å². The Hall–Kier alpha value is -2.75. The van der Waals surface area contributed by atoms with Crippen molar-refractivity contribution in [1.29, 1.82) is 0 Å². The van der Waals surface area contributed by atoms with Crippen LogP contribution in [0.5, 0.6) is 11.5 Å². The number of hydrogen-bond acceptors (Lipinski definition) is 4. The van der Waals surface area contributed by atoms with Gasteiger partial charge in [0.2, 0.25) is 0 Å². The summed E-state index contributed by atoms with van der Waals surface area (Å²) in [6, 6.07) is 3.84. The molecule has 0 unspecified atom stereocenters. The van der Waals surface area contributed by atoms with E-state index in [-0.39, 0.29) is 0 Å². The second kappa shape index (κ2) is 7.49. The largest absolute Gasteiger partial charge is 0.496 e. The summed E-state index contributed by atoms with van der Waals surface area (Å²) in [5, 5.41) is 5.84. The smallest absolute Gasteiger partial charge is 0.131 e. The molecule has 4 heteroatoms. The van der Waals surface area contributed by atoms with Gasteiger partial charge in [0.25, 0.3) is 0 Å². The molecule has 0 aliphatic heterocycles. The molecule has 0 saturated carbocycles. The third-order valence-electron chi connectivity index (χ3n) is 3.65. The van der Waals surface area contributed by atoms with E-state index >= 15 is 0 Å². The first-order valence-corrected chi connectivity index (χ1v) is 7.34. The number of methoxy groups -OCH3 is 2. The first kappa shape index (κ1) is 16.6. The molecule has 0 radical (unpaired) electrons. The van der Waals surface area contributed by atoms with Crippen molar-refractivity contribution in [2.75, 3.05) is 14.2 Å². The zero-order valence-corrected chi connectivity index (χ0v) is 13.9. The molecule has 0 aromatic heterocycles. The van der Waals surface area contributed by atoms with Crippen molar-refractivity contribution >= 4 is 12.4 Å². The van der Waals surface area contributed by atoms with Crippen LogP contribution in [0.25, 0.3) is 5.70 Å². The summed E-state index contributed by atoms with van der Waals surface area (Å²) in [4.78, 5) is 0. The predicted octanol–water partition coefficient (Wildman–Crippen LogP) is 4.30. The van der Waals surface area contributed by atoms with Crippen LogP contribution in [0.4, 0.5) is 0 Å². The lowest BCUT2D eigenvalue weighted by Crippen LogP contribution is -2.14. The molecular formula is C19H22N2O2. The highest BCUT2D eigenvalue weighted by Gasteiger charge is 2.17. The average molecular weight is 310 g/mol. The number of allylic oxidation sites excluding steroid dienone is 5. The average Bonchev–Trinajstić information content (AvgIpc) is 2.84. The SMILES string of the molecule is C=NN(C(=C)c1cc(C)c(OC)cc1OC)C1=CCC=CC=C1. The lowest BCUT2D eigenvalue weighted by molar-refractivity contribution is 0.390. The van der Waals surface area contributed by atoms with E-state index in [1.807, 2.05) is 37.3 Å². The second-order valence-electron chi connectivity index (χ2n) is 5.07. The first-order valence-electron chi connectivity index (χ1n) is 7.34. The van der Waals surface area contributed by atoms with Gasteiger partial charge in [0, 0.05) is 18.3 Å². The van der Waals surface area contributed by atoms with Crippen molar-refractivity contribution in [3.05, 3.63) is 65.9 Å². The van der Waals surface area contributed by atoms with Gasteiger partial charge in [-0.2, -0.15) is 5.10 Å². The molecule has 4 nitrogen and oxygen atoms in total. The maximum Gasteiger partial charge on any atom is 0.131 e. The molecule has 120 valence electrons. The highest BCUT2D eigenvalue weighted by Crippen LogP contribution is 2.35. The molecule has 23 heavy (non-hydrogen) atoms. The number of rotatable bonds is 6. The summed E-state index contributed by atoms with van der Waals surface area (Å²) in [6.45, 7) is 9.84. The fourth-order valence-electron chi connectivity index (χ4n) is 2.45. The Balaban J connectivity index is 2.43. The summed E-state index contributed by atoms with van der Waals surface area (Å²) >= 11 is 0.